The Kier molecular flexibility index (Phi) is 16.9. The lowest BCUT2D eigenvalue weighted by molar-refractivity contribution is -0.144. The van der Waals surface area contributed by atoms with Crippen LogP contribution in [0.5, 0.6) is 0 Å². The summed E-state index contributed by atoms with van der Waals surface area (Å²) in [5.41, 5.74) is -0.169. The number of nitrogens with zero attached hydrogens (tertiary/aromatic N) is 1. The highest BCUT2D eigenvalue weighted by atomic mass is 16.6. The standard InChI is InChI=1S/C32H50N4O6.C3H8/c1-8-15-23(25(37)28(39)33-20-13-12-18-22-16-10-9-11-17-22)34-27(38)24-19-14-21-36(24)29(40)26(31(2,3)4)35-30(41)42-32(5,6)7;1-3-2/h9-11,16-17,23-24,26H,8,12-15,18-21H2,1-7H3,(H,33,39)(H,34,38)(H,35,41);3H2,1-2H3/t23?,24-,26+;/m0./s1. The molecule has 0 radical (unpaired) electrons. The quantitative estimate of drug-likeness (QED) is 0.199. The second kappa shape index (κ2) is 19.2. The summed E-state index contributed by atoms with van der Waals surface area (Å²) < 4.78 is 5.37. The van der Waals surface area contributed by atoms with Gasteiger partial charge in [-0.05, 0) is 70.3 Å². The molecule has 0 spiro atoms. The van der Waals surface area contributed by atoms with E-state index in [-0.39, 0.29) is 0 Å². The van der Waals surface area contributed by atoms with E-state index in [1.165, 1.54) is 16.9 Å². The summed E-state index contributed by atoms with van der Waals surface area (Å²) in [6.07, 6.45) is 4.93. The van der Waals surface area contributed by atoms with E-state index in [0.29, 0.717) is 38.8 Å². The Hall–Kier alpha value is -3.43. The monoisotopic (exact) mass is 630 g/mol. The summed E-state index contributed by atoms with van der Waals surface area (Å²) in [7, 11) is 0. The molecule has 1 fully saturated rings. The van der Waals surface area contributed by atoms with Gasteiger partial charge in [0.05, 0.1) is 6.04 Å². The number of nitrogens with one attached hydrogen (secondary N) is 3. The van der Waals surface area contributed by atoms with Gasteiger partial charge in [-0.1, -0.05) is 84.7 Å². The summed E-state index contributed by atoms with van der Waals surface area (Å²) in [4.78, 5) is 66.7. The molecule has 1 heterocycles. The number of alkyl carbamates (subject to hydrolysis) is 1. The maximum Gasteiger partial charge on any atom is 0.408 e. The van der Waals surface area contributed by atoms with Crippen LogP contribution in [0, 0.1) is 5.41 Å². The topological polar surface area (TPSA) is 134 Å². The van der Waals surface area contributed by atoms with Crippen molar-refractivity contribution in [2.75, 3.05) is 13.1 Å². The van der Waals surface area contributed by atoms with Crippen LogP contribution in [-0.2, 0) is 30.3 Å². The Morgan fingerprint density at radius 1 is 0.933 bits per heavy atom. The number of benzene rings is 1. The predicted octanol–water partition coefficient (Wildman–Crippen LogP) is 5.33. The molecular weight excluding hydrogens is 572 g/mol. The lowest BCUT2D eigenvalue weighted by Gasteiger charge is -2.36. The Morgan fingerprint density at radius 3 is 2.11 bits per heavy atom. The molecule has 1 aliphatic rings. The molecule has 1 aromatic rings. The largest absolute Gasteiger partial charge is 0.444 e. The van der Waals surface area contributed by atoms with Gasteiger partial charge in [0, 0.05) is 13.1 Å². The summed E-state index contributed by atoms with van der Waals surface area (Å²) in [5.74, 6) is -2.28. The molecular formula is C35H58N4O6. The molecule has 1 saturated heterocycles. The van der Waals surface area contributed by atoms with E-state index in [9.17, 15) is 24.0 Å². The molecule has 3 atom stereocenters. The first kappa shape index (κ1) is 39.6. The minimum absolute atomic E-state index is 0.303. The van der Waals surface area contributed by atoms with Crippen molar-refractivity contribution in [2.45, 2.75) is 137 Å². The van der Waals surface area contributed by atoms with E-state index in [2.05, 4.69) is 41.9 Å². The van der Waals surface area contributed by atoms with Crippen LogP contribution in [-0.4, -0.2) is 71.3 Å². The Labute approximate surface area is 270 Å². The van der Waals surface area contributed by atoms with E-state index in [0.717, 1.165) is 19.3 Å². The van der Waals surface area contributed by atoms with Crippen molar-refractivity contribution < 1.29 is 28.7 Å². The lowest BCUT2D eigenvalue weighted by Crippen LogP contribution is -2.59. The van der Waals surface area contributed by atoms with Crippen LogP contribution in [0.4, 0.5) is 4.79 Å². The molecule has 2 rings (SSSR count). The molecule has 10 nitrogen and oxygen atoms in total. The van der Waals surface area contributed by atoms with E-state index < -0.39 is 58.7 Å². The SMILES string of the molecule is CCC.CCCC(NC(=O)[C@@H]1CCCN1C(=O)[C@@H](NC(=O)OC(C)(C)C)C(C)(C)C)C(=O)C(=O)NCCCCc1ccccc1. The van der Waals surface area contributed by atoms with Crippen molar-refractivity contribution in [3.8, 4) is 0 Å². The highest BCUT2D eigenvalue weighted by Crippen LogP contribution is 2.26. The van der Waals surface area contributed by atoms with Gasteiger partial charge < -0.3 is 25.6 Å². The Balaban J connectivity index is 0.00000324. The van der Waals surface area contributed by atoms with Gasteiger partial charge in [-0.3, -0.25) is 19.2 Å². The fourth-order valence-electron chi connectivity index (χ4n) is 4.91. The number of ether oxygens (including phenoxy) is 1. The van der Waals surface area contributed by atoms with Gasteiger partial charge in [-0.25, -0.2) is 4.79 Å². The molecule has 4 amide bonds. The van der Waals surface area contributed by atoms with Crippen molar-refractivity contribution in [2.24, 2.45) is 5.41 Å². The van der Waals surface area contributed by atoms with Crippen molar-refractivity contribution in [3.63, 3.8) is 0 Å². The van der Waals surface area contributed by atoms with Crippen LogP contribution in [0.2, 0.25) is 0 Å². The molecule has 0 bridgehead atoms. The van der Waals surface area contributed by atoms with Gasteiger partial charge in [-0.15, -0.1) is 0 Å². The summed E-state index contributed by atoms with van der Waals surface area (Å²) in [6.45, 7) is 17.5. The number of aryl methyl sites for hydroxylation is 1. The molecule has 45 heavy (non-hydrogen) atoms. The highest BCUT2D eigenvalue weighted by molar-refractivity contribution is 6.38. The average Bonchev–Trinajstić information content (AvgIpc) is 3.44. The Morgan fingerprint density at radius 2 is 1.56 bits per heavy atom. The molecule has 3 N–H and O–H groups in total. The number of rotatable bonds is 13. The molecule has 1 unspecified atom stereocenters. The van der Waals surface area contributed by atoms with Gasteiger partial charge in [0.2, 0.25) is 17.6 Å². The normalized spacial score (nSPS) is 16.0. The summed E-state index contributed by atoms with van der Waals surface area (Å²) in [6, 6.07) is 7.33. The lowest BCUT2D eigenvalue weighted by atomic mass is 9.85. The summed E-state index contributed by atoms with van der Waals surface area (Å²) in [5, 5.41) is 8.12. The molecule has 0 aromatic heterocycles. The number of unbranched alkanes of at least 4 members (excludes halogenated alkanes) is 1. The predicted molar refractivity (Wildman–Crippen MR) is 178 cm³/mol. The van der Waals surface area contributed by atoms with Crippen molar-refractivity contribution in [1.29, 1.82) is 0 Å². The van der Waals surface area contributed by atoms with Crippen molar-refractivity contribution in [3.05, 3.63) is 35.9 Å². The number of carbonyl (C=O) groups excluding carboxylic acids is 5. The van der Waals surface area contributed by atoms with Gasteiger partial charge in [0.1, 0.15) is 17.7 Å². The number of likely N-dealkylation sites (tertiary alicyclic amines) is 1. The van der Waals surface area contributed by atoms with Gasteiger partial charge in [0.15, 0.2) is 0 Å². The van der Waals surface area contributed by atoms with Crippen LogP contribution in [0.1, 0.15) is 113 Å². The second-order valence-electron chi connectivity index (χ2n) is 13.8. The van der Waals surface area contributed by atoms with Gasteiger partial charge in [0.25, 0.3) is 5.91 Å². The number of carbonyl (C=O) groups is 5. The summed E-state index contributed by atoms with van der Waals surface area (Å²) >= 11 is 0. The van der Waals surface area contributed by atoms with E-state index >= 15 is 0 Å². The third-order valence-corrected chi connectivity index (χ3v) is 7.07. The number of hydrogen-bond donors (Lipinski definition) is 3. The second-order valence-corrected chi connectivity index (χ2v) is 13.8. The zero-order valence-corrected chi connectivity index (χ0v) is 29.1. The van der Waals surface area contributed by atoms with Crippen LogP contribution >= 0.6 is 0 Å². The minimum Gasteiger partial charge on any atom is -0.444 e. The van der Waals surface area contributed by atoms with Crippen molar-refractivity contribution in [1.82, 2.24) is 20.9 Å². The number of amides is 4. The highest BCUT2D eigenvalue weighted by Gasteiger charge is 2.43. The van der Waals surface area contributed by atoms with Crippen LogP contribution in [0.3, 0.4) is 0 Å². The zero-order valence-electron chi connectivity index (χ0n) is 29.1. The van der Waals surface area contributed by atoms with Gasteiger partial charge in [-0.2, -0.15) is 0 Å². The zero-order chi connectivity index (χ0) is 34.2. The van der Waals surface area contributed by atoms with Crippen LogP contribution in [0.15, 0.2) is 30.3 Å². The first-order valence-corrected chi connectivity index (χ1v) is 16.5. The van der Waals surface area contributed by atoms with Crippen LogP contribution in [0.25, 0.3) is 0 Å². The number of Topliss-reactive ketones (excluding diaryl/α,β-unsaturated/α-hetero) is 1. The fraction of sp³-hybridized carbons (Fsp3) is 0.686. The Bertz CT molecular complexity index is 1090. The minimum atomic E-state index is -0.984. The molecule has 0 saturated carbocycles. The average molecular weight is 631 g/mol. The number of ketones is 1. The maximum absolute atomic E-state index is 13.7. The van der Waals surface area contributed by atoms with Crippen molar-refractivity contribution >= 4 is 29.6 Å². The third kappa shape index (κ3) is 14.5. The van der Waals surface area contributed by atoms with E-state index in [1.54, 1.807) is 20.8 Å². The van der Waals surface area contributed by atoms with E-state index in [4.69, 9.17) is 4.74 Å². The van der Waals surface area contributed by atoms with Crippen LogP contribution < -0.4 is 16.0 Å². The molecule has 1 aliphatic heterocycles. The van der Waals surface area contributed by atoms with Gasteiger partial charge >= 0.3 is 6.09 Å². The maximum atomic E-state index is 13.7. The first-order valence-electron chi connectivity index (χ1n) is 16.5. The van der Waals surface area contributed by atoms with E-state index in [1.807, 2.05) is 45.9 Å². The molecule has 1 aromatic carbocycles. The molecule has 0 aliphatic carbocycles. The molecule has 254 valence electrons. The molecule has 10 heteroatoms. The first-order chi connectivity index (χ1) is 21.0. The number of hydrogen-bond acceptors (Lipinski definition) is 6. The fourth-order valence-corrected chi connectivity index (χ4v) is 4.91. The smallest absolute Gasteiger partial charge is 0.408 e. The third-order valence-electron chi connectivity index (χ3n) is 7.07.